The fourth-order valence-corrected chi connectivity index (χ4v) is 1.68. The molecule has 1 aliphatic rings. The van der Waals surface area contributed by atoms with E-state index in [1.807, 2.05) is 0 Å². The van der Waals surface area contributed by atoms with Crippen molar-refractivity contribution in [3.05, 3.63) is 0 Å². The quantitative estimate of drug-likeness (QED) is 0.700. The number of aliphatic hydroxyl groups is 1. The summed E-state index contributed by atoms with van der Waals surface area (Å²) < 4.78 is 0. The van der Waals surface area contributed by atoms with Crippen LogP contribution in [0.3, 0.4) is 0 Å². The van der Waals surface area contributed by atoms with Crippen LogP contribution in [0.15, 0.2) is 5.16 Å². The Bertz CT molecular complexity index is 177. The van der Waals surface area contributed by atoms with Gasteiger partial charge in [-0.15, -0.1) is 0 Å². The molecule has 1 N–H and O–H groups in total. The summed E-state index contributed by atoms with van der Waals surface area (Å²) in [6.45, 7) is 5.91. The fourth-order valence-electron chi connectivity index (χ4n) is 1.68. The normalized spacial score (nSPS) is 31.2. The molecular formula is C9H17NO2. The van der Waals surface area contributed by atoms with E-state index in [9.17, 15) is 5.11 Å². The Morgan fingerprint density at radius 3 is 2.67 bits per heavy atom. The van der Waals surface area contributed by atoms with E-state index in [1.165, 1.54) is 0 Å². The lowest BCUT2D eigenvalue weighted by Gasteiger charge is -2.18. The standard InChI is InChI=1S/C9H17NO2/c1-4-7-8(5-2)10-12-9(7)6(3)11/h6-7,9,11H,4-5H2,1-3H3/t6-,7-,9+/m1/s1. The third-order valence-electron chi connectivity index (χ3n) is 2.39. The van der Waals surface area contributed by atoms with Crippen LogP contribution < -0.4 is 0 Å². The Hall–Kier alpha value is -0.570. The second-order valence-corrected chi connectivity index (χ2v) is 3.26. The molecule has 0 aliphatic carbocycles. The van der Waals surface area contributed by atoms with E-state index in [4.69, 9.17) is 4.84 Å². The molecule has 12 heavy (non-hydrogen) atoms. The Kier molecular flexibility index (Phi) is 3.09. The first-order chi connectivity index (χ1) is 5.70. The molecule has 0 unspecified atom stereocenters. The molecule has 0 radical (unpaired) electrons. The van der Waals surface area contributed by atoms with Gasteiger partial charge in [0.25, 0.3) is 0 Å². The summed E-state index contributed by atoms with van der Waals surface area (Å²) in [5, 5.41) is 13.3. The summed E-state index contributed by atoms with van der Waals surface area (Å²) >= 11 is 0. The van der Waals surface area contributed by atoms with Gasteiger partial charge in [0.1, 0.15) is 0 Å². The third-order valence-corrected chi connectivity index (χ3v) is 2.39. The number of aliphatic hydroxyl groups excluding tert-OH is 1. The van der Waals surface area contributed by atoms with E-state index >= 15 is 0 Å². The van der Waals surface area contributed by atoms with Crippen LogP contribution in [0.5, 0.6) is 0 Å². The number of hydrogen-bond donors (Lipinski definition) is 1. The maximum absolute atomic E-state index is 9.37. The monoisotopic (exact) mass is 171 g/mol. The van der Waals surface area contributed by atoms with Crippen molar-refractivity contribution in [1.29, 1.82) is 0 Å². The molecule has 3 heteroatoms. The average Bonchev–Trinajstić information content (AvgIpc) is 2.46. The van der Waals surface area contributed by atoms with Crippen molar-refractivity contribution in [1.82, 2.24) is 0 Å². The second-order valence-electron chi connectivity index (χ2n) is 3.26. The van der Waals surface area contributed by atoms with Crippen LogP contribution in [-0.4, -0.2) is 23.0 Å². The Morgan fingerprint density at radius 2 is 2.25 bits per heavy atom. The van der Waals surface area contributed by atoms with Crippen LogP contribution in [0, 0.1) is 5.92 Å². The second kappa shape index (κ2) is 3.90. The smallest absolute Gasteiger partial charge is 0.161 e. The molecule has 0 amide bonds. The fraction of sp³-hybridized carbons (Fsp3) is 0.889. The van der Waals surface area contributed by atoms with Crippen molar-refractivity contribution < 1.29 is 9.94 Å². The molecule has 1 rings (SSSR count). The number of nitrogens with zero attached hydrogens (tertiary/aromatic N) is 1. The molecule has 1 heterocycles. The largest absolute Gasteiger partial charge is 0.389 e. The van der Waals surface area contributed by atoms with Crippen molar-refractivity contribution in [3.63, 3.8) is 0 Å². The molecule has 0 aromatic carbocycles. The van der Waals surface area contributed by atoms with Crippen LogP contribution in [-0.2, 0) is 4.84 Å². The van der Waals surface area contributed by atoms with Gasteiger partial charge in [-0.3, -0.25) is 0 Å². The van der Waals surface area contributed by atoms with Gasteiger partial charge >= 0.3 is 0 Å². The highest BCUT2D eigenvalue weighted by Gasteiger charge is 2.34. The topological polar surface area (TPSA) is 41.8 Å². The lowest BCUT2D eigenvalue weighted by Crippen LogP contribution is -2.32. The van der Waals surface area contributed by atoms with Gasteiger partial charge < -0.3 is 9.94 Å². The summed E-state index contributed by atoms with van der Waals surface area (Å²) in [6, 6.07) is 0. The summed E-state index contributed by atoms with van der Waals surface area (Å²) in [5.74, 6) is 0.315. The van der Waals surface area contributed by atoms with E-state index in [2.05, 4.69) is 19.0 Å². The zero-order valence-corrected chi connectivity index (χ0v) is 7.95. The highest BCUT2D eigenvalue weighted by atomic mass is 16.7. The molecule has 1 aliphatic heterocycles. The first-order valence-electron chi connectivity index (χ1n) is 4.61. The third kappa shape index (κ3) is 1.61. The minimum absolute atomic E-state index is 0.120. The molecule has 0 bridgehead atoms. The first-order valence-corrected chi connectivity index (χ1v) is 4.61. The SMILES string of the molecule is CCC1=NO[C@@H]([C@@H](C)O)[C@@H]1CC. The van der Waals surface area contributed by atoms with Crippen LogP contribution in [0.2, 0.25) is 0 Å². The van der Waals surface area contributed by atoms with Gasteiger partial charge in [0.05, 0.1) is 11.8 Å². The molecule has 0 spiro atoms. The van der Waals surface area contributed by atoms with E-state index in [0.29, 0.717) is 5.92 Å². The summed E-state index contributed by atoms with van der Waals surface area (Å²) in [5.41, 5.74) is 1.09. The van der Waals surface area contributed by atoms with Gasteiger partial charge in [0.2, 0.25) is 0 Å². The first kappa shape index (κ1) is 9.52. The number of hydrogen-bond acceptors (Lipinski definition) is 3. The van der Waals surface area contributed by atoms with E-state index in [0.717, 1.165) is 18.6 Å². The Balaban J connectivity index is 2.63. The van der Waals surface area contributed by atoms with Crippen LogP contribution in [0.1, 0.15) is 33.6 Å². The highest BCUT2D eigenvalue weighted by molar-refractivity contribution is 5.87. The maximum atomic E-state index is 9.37. The molecule has 3 nitrogen and oxygen atoms in total. The minimum atomic E-state index is -0.428. The van der Waals surface area contributed by atoms with Crippen molar-refractivity contribution in [2.45, 2.75) is 45.8 Å². The van der Waals surface area contributed by atoms with Gasteiger partial charge in [-0.1, -0.05) is 19.0 Å². The van der Waals surface area contributed by atoms with E-state index in [-0.39, 0.29) is 6.10 Å². The molecule has 0 aromatic rings. The molecule has 0 aromatic heterocycles. The molecule has 0 saturated carbocycles. The number of rotatable bonds is 3. The highest BCUT2D eigenvalue weighted by Crippen LogP contribution is 2.25. The zero-order valence-electron chi connectivity index (χ0n) is 7.95. The predicted molar refractivity (Wildman–Crippen MR) is 48.1 cm³/mol. The van der Waals surface area contributed by atoms with E-state index in [1.54, 1.807) is 6.92 Å². The van der Waals surface area contributed by atoms with Gasteiger partial charge in [-0.25, -0.2) is 0 Å². The molecular weight excluding hydrogens is 154 g/mol. The minimum Gasteiger partial charge on any atom is -0.389 e. The van der Waals surface area contributed by atoms with Crippen molar-refractivity contribution in [2.75, 3.05) is 0 Å². The zero-order chi connectivity index (χ0) is 9.14. The summed E-state index contributed by atoms with van der Waals surface area (Å²) in [4.78, 5) is 5.16. The summed E-state index contributed by atoms with van der Waals surface area (Å²) in [6.07, 6.45) is 1.36. The molecule has 70 valence electrons. The van der Waals surface area contributed by atoms with Gasteiger partial charge in [-0.05, 0) is 19.8 Å². The predicted octanol–water partition coefficient (Wildman–Crippen LogP) is 1.56. The van der Waals surface area contributed by atoms with Gasteiger partial charge in [0.15, 0.2) is 6.10 Å². The lowest BCUT2D eigenvalue weighted by atomic mass is 9.91. The van der Waals surface area contributed by atoms with Gasteiger partial charge in [0, 0.05) is 5.92 Å². The van der Waals surface area contributed by atoms with Crippen LogP contribution >= 0.6 is 0 Å². The average molecular weight is 171 g/mol. The van der Waals surface area contributed by atoms with Crippen LogP contribution in [0.4, 0.5) is 0 Å². The summed E-state index contributed by atoms with van der Waals surface area (Å²) in [7, 11) is 0. The molecule has 0 fully saturated rings. The Morgan fingerprint density at radius 1 is 1.58 bits per heavy atom. The van der Waals surface area contributed by atoms with Crippen LogP contribution in [0.25, 0.3) is 0 Å². The van der Waals surface area contributed by atoms with E-state index < -0.39 is 6.10 Å². The molecule has 0 saturated heterocycles. The Labute approximate surface area is 73.4 Å². The molecule has 3 atom stereocenters. The van der Waals surface area contributed by atoms with Crippen molar-refractivity contribution in [3.8, 4) is 0 Å². The van der Waals surface area contributed by atoms with Gasteiger partial charge in [-0.2, -0.15) is 0 Å². The maximum Gasteiger partial charge on any atom is 0.161 e. The number of oxime groups is 1. The van der Waals surface area contributed by atoms with Crippen molar-refractivity contribution >= 4 is 5.71 Å². The lowest BCUT2D eigenvalue weighted by molar-refractivity contribution is -0.0276. The van der Waals surface area contributed by atoms with Crippen molar-refractivity contribution in [2.24, 2.45) is 11.1 Å².